The molecular weight excluding hydrogens is 354 g/mol. The van der Waals surface area contributed by atoms with E-state index >= 15 is 0 Å². The zero-order chi connectivity index (χ0) is 19.8. The highest BCUT2D eigenvalue weighted by Crippen LogP contribution is 2.21. The topological polar surface area (TPSA) is 75.6 Å². The van der Waals surface area contributed by atoms with Crippen LogP contribution in [0.2, 0.25) is 0 Å². The van der Waals surface area contributed by atoms with E-state index in [0.29, 0.717) is 19.6 Å². The summed E-state index contributed by atoms with van der Waals surface area (Å²) in [6, 6.07) is 22.2. The molecule has 3 aromatic carbocycles. The van der Waals surface area contributed by atoms with E-state index in [4.69, 9.17) is 9.84 Å². The van der Waals surface area contributed by atoms with Crippen molar-refractivity contribution in [2.75, 3.05) is 6.54 Å². The Morgan fingerprint density at radius 2 is 1.71 bits per heavy atom. The maximum atomic E-state index is 11.6. The van der Waals surface area contributed by atoms with Crippen molar-refractivity contribution in [2.45, 2.75) is 25.9 Å². The average Bonchev–Trinajstić information content (AvgIpc) is 2.71. The first-order chi connectivity index (χ1) is 13.6. The number of carboxylic acid groups (broad SMARTS) is 1. The Hall–Kier alpha value is -3.34. The second-order valence-corrected chi connectivity index (χ2v) is 6.57. The molecule has 0 bridgehead atoms. The third-order valence-electron chi connectivity index (χ3n) is 4.47. The number of aliphatic carboxylic acids is 1. The number of carbonyl (C=O) groups excluding carboxylic acids is 1. The number of carboxylic acids is 1. The lowest BCUT2D eigenvalue weighted by Gasteiger charge is -2.11. The molecule has 0 aromatic heterocycles. The highest BCUT2D eigenvalue weighted by molar-refractivity contribution is 5.85. The van der Waals surface area contributed by atoms with Gasteiger partial charge in [0.1, 0.15) is 12.4 Å². The van der Waals surface area contributed by atoms with Crippen LogP contribution in [0.1, 0.15) is 24.0 Å². The first kappa shape index (κ1) is 19.4. The molecule has 28 heavy (non-hydrogen) atoms. The van der Waals surface area contributed by atoms with Gasteiger partial charge in [0.25, 0.3) is 0 Å². The van der Waals surface area contributed by atoms with Crippen molar-refractivity contribution in [2.24, 2.45) is 0 Å². The number of benzene rings is 3. The van der Waals surface area contributed by atoms with Crippen LogP contribution < -0.4 is 10.1 Å². The Kier molecular flexibility index (Phi) is 6.63. The molecule has 0 aliphatic heterocycles. The molecule has 5 heteroatoms. The van der Waals surface area contributed by atoms with E-state index in [9.17, 15) is 9.59 Å². The number of rotatable bonds is 9. The van der Waals surface area contributed by atoms with E-state index in [1.54, 1.807) is 0 Å². The second kappa shape index (κ2) is 9.55. The number of amides is 1. The molecule has 0 saturated heterocycles. The van der Waals surface area contributed by atoms with Gasteiger partial charge >= 0.3 is 5.97 Å². The Morgan fingerprint density at radius 3 is 2.57 bits per heavy atom. The normalized spacial score (nSPS) is 10.6. The Labute approximate surface area is 164 Å². The van der Waals surface area contributed by atoms with Crippen molar-refractivity contribution in [3.8, 4) is 5.75 Å². The second-order valence-electron chi connectivity index (χ2n) is 6.57. The van der Waals surface area contributed by atoms with Gasteiger partial charge in [-0.1, -0.05) is 54.6 Å². The van der Waals surface area contributed by atoms with E-state index in [1.165, 1.54) is 10.8 Å². The van der Waals surface area contributed by atoms with Crippen molar-refractivity contribution < 1.29 is 19.4 Å². The molecule has 3 rings (SSSR count). The van der Waals surface area contributed by atoms with E-state index in [2.05, 4.69) is 29.6 Å². The minimum absolute atomic E-state index is 0.00349. The summed E-state index contributed by atoms with van der Waals surface area (Å²) in [5.74, 6) is -0.431. The lowest BCUT2D eigenvalue weighted by Crippen LogP contribution is -2.26. The van der Waals surface area contributed by atoms with Gasteiger partial charge in [0.05, 0.1) is 6.42 Å². The monoisotopic (exact) mass is 377 g/mol. The number of ether oxygens (including phenoxy) is 1. The standard InChI is InChI=1S/C23H23NO4/c25-22(11-12-23(26)27)24-14-13-17-5-3-9-20(15-17)28-16-19-8-4-7-18-6-1-2-10-21(18)19/h1-10,15H,11-14,16H2,(H,24,25)(H,26,27). The van der Waals surface area contributed by atoms with Crippen molar-refractivity contribution >= 4 is 22.6 Å². The van der Waals surface area contributed by atoms with Crippen LogP contribution in [0.15, 0.2) is 66.7 Å². The summed E-state index contributed by atoms with van der Waals surface area (Å²) in [5.41, 5.74) is 2.18. The molecule has 0 unspecified atom stereocenters. The van der Waals surface area contributed by atoms with Crippen LogP contribution in [0.3, 0.4) is 0 Å². The van der Waals surface area contributed by atoms with Crippen molar-refractivity contribution in [1.82, 2.24) is 5.32 Å². The number of hydrogen-bond acceptors (Lipinski definition) is 3. The van der Waals surface area contributed by atoms with Crippen molar-refractivity contribution in [1.29, 1.82) is 0 Å². The Morgan fingerprint density at radius 1 is 0.929 bits per heavy atom. The molecule has 0 fully saturated rings. The summed E-state index contributed by atoms with van der Waals surface area (Å²) in [6.45, 7) is 0.946. The van der Waals surface area contributed by atoms with Gasteiger partial charge in [-0.15, -0.1) is 0 Å². The van der Waals surface area contributed by atoms with Crippen LogP contribution >= 0.6 is 0 Å². The molecule has 0 radical (unpaired) electrons. The highest BCUT2D eigenvalue weighted by atomic mass is 16.5. The number of fused-ring (bicyclic) bond motifs is 1. The predicted molar refractivity (Wildman–Crippen MR) is 108 cm³/mol. The molecule has 0 saturated carbocycles. The Bertz CT molecular complexity index is 962. The molecule has 0 heterocycles. The van der Waals surface area contributed by atoms with Gasteiger partial charge in [0.15, 0.2) is 0 Å². The van der Waals surface area contributed by atoms with Gasteiger partial charge in [-0.25, -0.2) is 0 Å². The molecule has 144 valence electrons. The molecule has 0 spiro atoms. The first-order valence-electron chi connectivity index (χ1n) is 9.29. The van der Waals surface area contributed by atoms with Gasteiger partial charge in [0.2, 0.25) is 5.91 Å². The fraction of sp³-hybridized carbons (Fsp3) is 0.217. The van der Waals surface area contributed by atoms with E-state index in [-0.39, 0.29) is 18.7 Å². The van der Waals surface area contributed by atoms with Crippen LogP contribution in [0.5, 0.6) is 5.75 Å². The first-order valence-corrected chi connectivity index (χ1v) is 9.29. The summed E-state index contributed by atoms with van der Waals surface area (Å²) >= 11 is 0. The zero-order valence-electron chi connectivity index (χ0n) is 15.6. The maximum absolute atomic E-state index is 11.6. The molecule has 2 N–H and O–H groups in total. The molecule has 5 nitrogen and oxygen atoms in total. The molecular formula is C23H23NO4. The largest absolute Gasteiger partial charge is 0.489 e. The lowest BCUT2D eigenvalue weighted by atomic mass is 10.1. The van der Waals surface area contributed by atoms with E-state index < -0.39 is 5.97 Å². The lowest BCUT2D eigenvalue weighted by molar-refractivity contribution is -0.138. The molecule has 0 aliphatic rings. The quantitative estimate of drug-likeness (QED) is 0.592. The van der Waals surface area contributed by atoms with E-state index in [1.807, 2.05) is 42.5 Å². The predicted octanol–water partition coefficient (Wildman–Crippen LogP) is 3.94. The molecule has 0 atom stereocenters. The van der Waals surface area contributed by atoms with Gasteiger partial charge in [-0.2, -0.15) is 0 Å². The van der Waals surface area contributed by atoms with E-state index in [0.717, 1.165) is 16.9 Å². The van der Waals surface area contributed by atoms with Crippen LogP contribution in [-0.4, -0.2) is 23.5 Å². The summed E-state index contributed by atoms with van der Waals surface area (Å²) in [7, 11) is 0. The minimum Gasteiger partial charge on any atom is -0.489 e. The third-order valence-corrected chi connectivity index (χ3v) is 4.47. The van der Waals surface area contributed by atoms with Crippen molar-refractivity contribution in [3.05, 3.63) is 77.9 Å². The van der Waals surface area contributed by atoms with Crippen LogP contribution in [0, 0.1) is 0 Å². The number of nitrogens with one attached hydrogen (secondary N) is 1. The fourth-order valence-electron chi connectivity index (χ4n) is 3.03. The summed E-state index contributed by atoms with van der Waals surface area (Å²) in [5, 5.41) is 13.7. The van der Waals surface area contributed by atoms with Crippen LogP contribution in [0.4, 0.5) is 0 Å². The maximum Gasteiger partial charge on any atom is 0.303 e. The molecule has 0 aliphatic carbocycles. The molecule has 1 amide bonds. The Balaban J connectivity index is 1.53. The summed E-state index contributed by atoms with van der Waals surface area (Å²) in [6.07, 6.45) is 0.511. The van der Waals surface area contributed by atoms with Crippen LogP contribution in [0.25, 0.3) is 10.8 Å². The SMILES string of the molecule is O=C(O)CCC(=O)NCCc1cccc(OCc2cccc3ccccc23)c1. The van der Waals surface area contributed by atoms with Gasteiger partial charge in [0, 0.05) is 13.0 Å². The number of hydrogen-bond donors (Lipinski definition) is 2. The smallest absolute Gasteiger partial charge is 0.303 e. The third kappa shape index (κ3) is 5.58. The fourth-order valence-corrected chi connectivity index (χ4v) is 3.03. The van der Waals surface area contributed by atoms with Gasteiger partial charge in [-0.3, -0.25) is 9.59 Å². The summed E-state index contributed by atoms with van der Waals surface area (Å²) in [4.78, 5) is 22.1. The number of carbonyl (C=O) groups is 2. The average molecular weight is 377 g/mol. The van der Waals surface area contributed by atoms with Crippen molar-refractivity contribution in [3.63, 3.8) is 0 Å². The van der Waals surface area contributed by atoms with Gasteiger partial charge in [-0.05, 0) is 40.5 Å². The summed E-state index contributed by atoms with van der Waals surface area (Å²) < 4.78 is 5.98. The minimum atomic E-state index is -0.966. The highest BCUT2D eigenvalue weighted by Gasteiger charge is 2.05. The van der Waals surface area contributed by atoms with Crippen LogP contribution in [-0.2, 0) is 22.6 Å². The zero-order valence-corrected chi connectivity index (χ0v) is 15.6. The molecule has 3 aromatic rings. The van der Waals surface area contributed by atoms with Gasteiger partial charge < -0.3 is 15.2 Å².